The molecule has 0 radical (unpaired) electrons. The number of anilines is 1. The van der Waals surface area contributed by atoms with E-state index in [9.17, 15) is 9.59 Å². The standard InChI is InChI=1S/C23H22N4O3S3/c1-13-16(14(2)30-26-13)12-32-23-25-17-8-7-15(11-20(17)33-23)24-21(28)18-5-3-9-27(18)22(29)19-6-4-10-31-19/h4,6-8,10-11,18H,3,5,9,12H2,1-2H3,(H,24,28). The zero-order valence-electron chi connectivity index (χ0n) is 18.2. The fourth-order valence-electron chi connectivity index (χ4n) is 3.93. The van der Waals surface area contributed by atoms with E-state index in [4.69, 9.17) is 9.51 Å². The Kier molecular flexibility index (Phi) is 6.22. The highest BCUT2D eigenvalue weighted by Gasteiger charge is 2.35. The molecular weight excluding hydrogens is 476 g/mol. The van der Waals surface area contributed by atoms with Crippen molar-refractivity contribution in [2.75, 3.05) is 11.9 Å². The number of rotatable bonds is 6. The molecule has 0 spiro atoms. The Morgan fingerprint density at radius 1 is 1.30 bits per heavy atom. The summed E-state index contributed by atoms with van der Waals surface area (Å²) in [5, 5.41) is 8.89. The summed E-state index contributed by atoms with van der Waals surface area (Å²) in [6.07, 6.45) is 1.50. The molecule has 3 aromatic heterocycles. The Morgan fingerprint density at radius 3 is 2.94 bits per heavy atom. The second-order valence-electron chi connectivity index (χ2n) is 7.88. The number of fused-ring (bicyclic) bond motifs is 1. The normalized spacial score (nSPS) is 15.9. The SMILES string of the molecule is Cc1noc(C)c1CSc1nc2ccc(NC(=O)C3CCCN3C(=O)c3cccs3)cc2s1. The van der Waals surface area contributed by atoms with Crippen molar-refractivity contribution in [1.29, 1.82) is 0 Å². The highest BCUT2D eigenvalue weighted by molar-refractivity contribution is 8.00. The van der Waals surface area contributed by atoms with E-state index >= 15 is 0 Å². The number of amides is 2. The van der Waals surface area contributed by atoms with E-state index in [1.807, 2.05) is 43.5 Å². The van der Waals surface area contributed by atoms with E-state index in [0.717, 1.165) is 43.7 Å². The van der Waals surface area contributed by atoms with Crippen LogP contribution in [0.25, 0.3) is 10.2 Å². The second-order valence-corrected chi connectivity index (χ2v) is 11.1. The third-order valence-electron chi connectivity index (χ3n) is 5.71. The van der Waals surface area contributed by atoms with Gasteiger partial charge in [-0.1, -0.05) is 23.0 Å². The van der Waals surface area contributed by atoms with Gasteiger partial charge in [0, 0.05) is 23.5 Å². The Hall–Kier alpha value is -2.69. The number of thioether (sulfide) groups is 1. The highest BCUT2D eigenvalue weighted by atomic mass is 32.2. The summed E-state index contributed by atoms with van der Waals surface area (Å²) in [6.45, 7) is 4.47. The molecule has 1 fully saturated rings. The van der Waals surface area contributed by atoms with Crippen molar-refractivity contribution in [2.45, 2.75) is 42.8 Å². The Balaban J connectivity index is 1.27. The van der Waals surface area contributed by atoms with Gasteiger partial charge in [-0.25, -0.2) is 4.98 Å². The van der Waals surface area contributed by atoms with Crippen molar-refractivity contribution < 1.29 is 14.1 Å². The molecule has 0 aliphatic carbocycles. The lowest BCUT2D eigenvalue weighted by atomic mass is 10.2. The number of thiophene rings is 1. The minimum absolute atomic E-state index is 0.0690. The van der Waals surface area contributed by atoms with Crippen LogP contribution < -0.4 is 5.32 Å². The molecule has 1 atom stereocenters. The van der Waals surface area contributed by atoms with Crippen LogP contribution in [0.5, 0.6) is 0 Å². The molecule has 170 valence electrons. The first kappa shape index (κ1) is 22.1. The van der Waals surface area contributed by atoms with E-state index in [2.05, 4.69) is 10.5 Å². The molecule has 0 saturated carbocycles. The first-order valence-corrected chi connectivity index (χ1v) is 13.3. The lowest BCUT2D eigenvalue weighted by Gasteiger charge is -2.23. The molecular formula is C23H22N4O3S3. The van der Waals surface area contributed by atoms with Gasteiger partial charge in [0.15, 0.2) is 4.34 Å². The average Bonchev–Trinajstić information content (AvgIpc) is 3.59. The molecule has 33 heavy (non-hydrogen) atoms. The zero-order valence-corrected chi connectivity index (χ0v) is 20.6. The van der Waals surface area contributed by atoms with Crippen LogP contribution in [0.1, 0.15) is 39.5 Å². The maximum absolute atomic E-state index is 13.0. The monoisotopic (exact) mass is 498 g/mol. The van der Waals surface area contributed by atoms with Crippen molar-refractivity contribution in [2.24, 2.45) is 0 Å². The number of carbonyl (C=O) groups excluding carboxylic acids is 2. The van der Waals surface area contributed by atoms with Crippen molar-refractivity contribution in [3.05, 3.63) is 57.6 Å². The number of nitrogens with one attached hydrogen (secondary N) is 1. The molecule has 4 aromatic rings. The van der Waals surface area contributed by atoms with Gasteiger partial charge in [-0.3, -0.25) is 9.59 Å². The second kappa shape index (κ2) is 9.28. The fraction of sp³-hybridized carbons (Fsp3) is 0.304. The van der Waals surface area contributed by atoms with Crippen molar-refractivity contribution in [1.82, 2.24) is 15.0 Å². The number of hydrogen-bond donors (Lipinski definition) is 1. The van der Waals surface area contributed by atoms with E-state index in [1.54, 1.807) is 34.1 Å². The number of carbonyl (C=O) groups is 2. The summed E-state index contributed by atoms with van der Waals surface area (Å²) < 4.78 is 7.20. The minimum Gasteiger partial charge on any atom is -0.361 e. The third kappa shape index (κ3) is 4.55. The van der Waals surface area contributed by atoms with Gasteiger partial charge in [0.2, 0.25) is 5.91 Å². The Bertz CT molecular complexity index is 1290. The first-order chi connectivity index (χ1) is 16.0. The fourth-order valence-corrected chi connectivity index (χ4v) is 6.87. The van der Waals surface area contributed by atoms with Crippen molar-refractivity contribution >= 4 is 62.2 Å². The Morgan fingerprint density at radius 2 is 2.18 bits per heavy atom. The van der Waals surface area contributed by atoms with Gasteiger partial charge in [0.1, 0.15) is 11.8 Å². The number of nitrogens with zero attached hydrogens (tertiary/aromatic N) is 3. The molecule has 2 amide bonds. The maximum atomic E-state index is 13.0. The number of hydrogen-bond acceptors (Lipinski definition) is 8. The van der Waals surface area contributed by atoms with Gasteiger partial charge in [-0.15, -0.1) is 22.7 Å². The van der Waals surface area contributed by atoms with Gasteiger partial charge >= 0.3 is 0 Å². The summed E-state index contributed by atoms with van der Waals surface area (Å²) in [6, 6.07) is 8.95. The largest absolute Gasteiger partial charge is 0.361 e. The van der Waals surface area contributed by atoms with Gasteiger partial charge in [-0.05, 0) is 56.3 Å². The van der Waals surface area contributed by atoms with Crippen LogP contribution >= 0.6 is 34.4 Å². The number of likely N-dealkylation sites (tertiary alicyclic amines) is 1. The summed E-state index contributed by atoms with van der Waals surface area (Å²) >= 11 is 4.65. The molecule has 7 nitrogen and oxygen atoms in total. The quantitative estimate of drug-likeness (QED) is 0.353. The number of aryl methyl sites for hydroxylation is 2. The van der Waals surface area contributed by atoms with Gasteiger partial charge in [0.05, 0.1) is 20.8 Å². The average molecular weight is 499 g/mol. The number of thiazole rings is 1. The van der Waals surface area contributed by atoms with E-state index in [-0.39, 0.29) is 11.8 Å². The van der Waals surface area contributed by atoms with Crippen LogP contribution in [0.3, 0.4) is 0 Å². The van der Waals surface area contributed by atoms with Crippen LogP contribution in [0, 0.1) is 13.8 Å². The summed E-state index contributed by atoms with van der Waals surface area (Å²) in [5.41, 5.74) is 3.62. The predicted octanol–water partition coefficient (Wildman–Crippen LogP) is 5.50. The van der Waals surface area contributed by atoms with E-state index < -0.39 is 6.04 Å². The van der Waals surface area contributed by atoms with Gasteiger partial charge in [-0.2, -0.15) is 0 Å². The molecule has 10 heteroatoms. The third-order valence-corrected chi connectivity index (χ3v) is 8.75. The molecule has 1 aromatic carbocycles. The van der Waals surface area contributed by atoms with E-state index in [0.29, 0.717) is 23.5 Å². The van der Waals surface area contributed by atoms with Gasteiger partial charge < -0.3 is 14.7 Å². The molecule has 1 aliphatic rings. The van der Waals surface area contributed by atoms with Crippen LogP contribution in [-0.2, 0) is 10.5 Å². The number of benzene rings is 1. The molecule has 1 N–H and O–H groups in total. The topological polar surface area (TPSA) is 88.3 Å². The van der Waals surface area contributed by atoms with Crippen molar-refractivity contribution in [3.8, 4) is 0 Å². The predicted molar refractivity (Wildman–Crippen MR) is 132 cm³/mol. The van der Waals surface area contributed by atoms with Crippen LogP contribution in [-0.4, -0.2) is 39.4 Å². The van der Waals surface area contributed by atoms with Gasteiger partial charge in [0.25, 0.3) is 5.91 Å². The maximum Gasteiger partial charge on any atom is 0.264 e. The molecule has 0 bridgehead atoms. The zero-order chi connectivity index (χ0) is 22.9. The molecule has 5 rings (SSSR count). The molecule has 4 heterocycles. The number of aromatic nitrogens is 2. The first-order valence-electron chi connectivity index (χ1n) is 10.6. The molecule has 1 aliphatic heterocycles. The lowest BCUT2D eigenvalue weighted by molar-refractivity contribution is -0.119. The highest BCUT2D eigenvalue weighted by Crippen LogP contribution is 2.34. The van der Waals surface area contributed by atoms with Crippen LogP contribution in [0.15, 0.2) is 44.6 Å². The molecule has 1 unspecified atom stereocenters. The summed E-state index contributed by atoms with van der Waals surface area (Å²) in [7, 11) is 0. The van der Waals surface area contributed by atoms with Crippen LogP contribution in [0.4, 0.5) is 5.69 Å². The summed E-state index contributed by atoms with van der Waals surface area (Å²) in [4.78, 5) is 32.8. The Labute approximate surface area is 203 Å². The smallest absolute Gasteiger partial charge is 0.264 e. The summed E-state index contributed by atoms with van der Waals surface area (Å²) in [5.74, 6) is 1.37. The van der Waals surface area contributed by atoms with Crippen molar-refractivity contribution in [3.63, 3.8) is 0 Å². The lowest BCUT2D eigenvalue weighted by Crippen LogP contribution is -2.42. The van der Waals surface area contributed by atoms with E-state index in [1.165, 1.54) is 11.3 Å². The minimum atomic E-state index is -0.446. The van der Waals surface area contributed by atoms with Crippen LogP contribution in [0.2, 0.25) is 0 Å². The molecule has 1 saturated heterocycles.